The van der Waals surface area contributed by atoms with Crippen LogP contribution in [0.3, 0.4) is 0 Å². The Labute approximate surface area is 77.4 Å². The molecule has 0 amide bonds. The SMILES string of the molecule is Cn1c(C(C)(C)C)nc2ccoc21. The first-order chi connectivity index (χ1) is 6.00. The normalized spacial score (nSPS) is 12.6. The third kappa shape index (κ3) is 1.15. The van der Waals surface area contributed by atoms with E-state index in [9.17, 15) is 0 Å². The molecule has 2 rings (SSSR count). The zero-order valence-electron chi connectivity index (χ0n) is 8.46. The summed E-state index contributed by atoms with van der Waals surface area (Å²) in [4.78, 5) is 4.51. The van der Waals surface area contributed by atoms with Gasteiger partial charge in [0.05, 0.1) is 6.26 Å². The number of aryl methyl sites for hydroxylation is 1. The van der Waals surface area contributed by atoms with Crippen molar-refractivity contribution >= 4 is 11.2 Å². The van der Waals surface area contributed by atoms with E-state index >= 15 is 0 Å². The van der Waals surface area contributed by atoms with Crippen molar-refractivity contribution in [3.05, 3.63) is 18.2 Å². The number of furan rings is 1. The predicted octanol–water partition coefficient (Wildman–Crippen LogP) is 2.46. The lowest BCUT2D eigenvalue weighted by molar-refractivity contribution is 0.507. The monoisotopic (exact) mass is 178 g/mol. The van der Waals surface area contributed by atoms with Gasteiger partial charge < -0.3 is 8.98 Å². The van der Waals surface area contributed by atoms with Crippen LogP contribution >= 0.6 is 0 Å². The molecule has 0 bridgehead atoms. The first-order valence-electron chi connectivity index (χ1n) is 4.40. The molecule has 2 aromatic rings. The fourth-order valence-corrected chi connectivity index (χ4v) is 1.59. The molecule has 0 atom stereocenters. The standard InChI is InChI=1S/C10H14N2O/c1-10(2,3)9-11-7-5-6-13-8(7)12(9)4/h5-6H,1-4H3. The lowest BCUT2D eigenvalue weighted by Gasteiger charge is -2.17. The summed E-state index contributed by atoms with van der Waals surface area (Å²) in [6, 6.07) is 1.89. The van der Waals surface area contributed by atoms with E-state index in [0.29, 0.717) is 0 Å². The average molecular weight is 178 g/mol. The van der Waals surface area contributed by atoms with Crippen molar-refractivity contribution in [3.63, 3.8) is 0 Å². The molecule has 70 valence electrons. The molecule has 0 aromatic carbocycles. The number of nitrogens with zero attached hydrogens (tertiary/aromatic N) is 2. The Morgan fingerprint density at radius 3 is 2.62 bits per heavy atom. The number of fused-ring (bicyclic) bond motifs is 1. The lowest BCUT2D eigenvalue weighted by Crippen LogP contribution is -2.17. The molecule has 2 heterocycles. The molecule has 0 unspecified atom stereocenters. The van der Waals surface area contributed by atoms with Crippen LogP contribution in [0.15, 0.2) is 16.7 Å². The van der Waals surface area contributed by atoms with Crippen LogP contribution in [0.25, 0.3) is 11.2 Å². The van der Waals surface area contributed by atoms with Gasteiger partial charge in [-0.2, -0.15) is 0 Å². The van der Waals surface area contributed by atoms with Gasteiger partial charge >= 0.3 is 0 Å². The second kappa shape index (κ2) is 2.37. The van der Waals surface area contributed by atoms with Gasteiger partial charge in [-0.1, -0.05) is 20.8 Å². The van der Waals surface area contributed by atoms with E-state index in [1.807, 2.05) is 17.7 Å². The van der Waals surface area contributed by atoms with Crippen LogP contribution in [-0.2, 0) is 12.5 Å². The lowest BCUT2D eigenvalue weighted by atomic mass is 9.96. The van der Waals surface area contributed by atoms with Crippen molar-refractivity contribution < 1.29 is 4.42 Å². The smallest absolute Gasteiger partial charge is 0.226 e. The van der Waals surface area contributed by atoms with Crippen LogP contribution in [-0.4, -0.2) is 9.55 Å². The number of hydrogen-bond acceptors (Lipinski definition) is 2. The first-order valence-corrected chi connectivity index (χ1v) is 4.40. The molecular weight excluding hydrogens is 164 g/mol. The van der Waals surface area contributed by atoms with Gasteiger partial charge in [0.2, 0.25) is 5.71 Å². The van der Waals surface area contributed by atoms with Crippen LogP contribution in [0, 0.1) is 0 Å². The largest absolute Gasteiger partial charge is 0.446 e. The number of aromatic nitrogens is 2. The fourth-order valence-electron chi connectivity index (χ4n) is 1.59. The molecular formula is C10H14N2O. The Morgan fingerprint density at radius 1 is 1.38 bits per heavy atom. The van der Waals surface area contributed by atoms with Crippen molar-refractivity contribution in [2.45, 2.75) is 26.2 Å². The molecule has 2 aromatic heterocycles. The molecule has 0 aliphatic heterocycles. The summed E-state index contributed by atoms with van der Waals surface area (Å²) in [5.41, 5.74) is 1.85. The van der Waals surface area contributed by atoms with E-state index < -0.39 is 0 Å². The van der Waals surface area contributed by atoms with Gasteiger partial charge in [0.1, 0.15) is 11.3 Å². The van der Waals surface area contributed by atoms with Gasteiger partial charge in [-0.3, -0.25) is 0 Å². The molecule has 0 saturated heterocycles. The Bertz CT molecular complexity index is 431. The third-order valence-corrected chi connectivity index (χ3v) is 2.14. The maximum Gasteiger partial charge on any atom is 0.226 e. The summed E-state index contributed by atoms with van der Waals surface area (Å²) in [6.07, 6.45) is 1.67. The van der Waals surface area contributed by atoms with E-state index in [0.717, 1.165) is 17.1 Å². The zero-order valence-corrected chi connectivity index (χ0v) is 8.46. The molecule has 0 saturated carbocycles. The molecule has 0 radical (unpaired) electrons. The van der Waals surface area contributed by atoms with Gasteiger partial charge in [-0.05, 0) is 0 Å². The summed E-state index contributed by atoms with van der Waals surface area (Å²) in [6.45, 7) is 6.44. The first kappa shape index (κ1) is 8.35. The van der Waals surface area contributed by atoms with E-state index in [1.165, 1.54) is 0 Å². The van der Waals surface area contributed by atoms with Crippen molar-refractivity contribution in [2.75, 3.05) is 0 Å². The Balaban J connectivity index is 2.71. The van der Waals surface area contributed by atoms with Crippen molar-refractivity contribution in [3.8, 4) is 0 Å². The highest BCUT2D eigenvalue weighted by molar-refractivity contribution is 5.69. The molecule has 3 heteroatoms. The fraction of sp³-hybridized carbons (Fsp3) is 0.500. The van der Waals surface area contributed by atoms with E-state index in [1.54, 1.807) is 6.26 Å². The molecule has 3 nitrogen and oxygen atoms in total. The minimum Gasteiger partial charge on any atom is -0.446 e. The van der Waals surface area contributed by atoms with Crippen LogP contribution in [0.5, 0.6) is 0 Å². The minimum absolute atomic E-state index is 0.0658. The molecule has 0 spiro atoms. The summed E-state index contributed by atoms with van der Waals surface area (Å²) in [5.74, 6) is 1.06. The van der Waals surface area contributed by atoms with Crippen molar-refractivity contribution in [1.82, 2.24) is 9.55 Å². The Kier molecular flexibility index (Phi) is 1.53. The Morgan fingerprint density at radius 2 is 2.08 bits per heavy atom. The zero-order chi connectivity index (χ0) is 9.64. The molecule has 13 heavy (non-hydrogen) atoms. The maximum atomic E-state index is 5.32. The van der Waals surface area contributed by atoms with E-state index in [2.05, 4.69) is 25.8 Å². The quantitative estimate of drug-likeness (QED) is 0.620. The van der Waals surface area contributed by atoms with Gasteiger partial charge in [0.15, 0.2) is 0 Å². The van der Waals surface area contributed by atoms with Crippen LogP contribution in [0.2, 0.25) is 0 Å². The van der Waals surface area contributed by atoms with Crippen LogP contribution in [0.4, 0.5) is 0 Å². The van der Waals surface area contributed by atoms with E-state index in [4.69, 9.17) is 4.42 Å². The molecule has 0 aliphatic rings. The van der Waals surface area contributed by atoms with E-state index in [-0.39, 0.29) is 5.41 Å². The second-order valence-corrected chi connectivity index (χ2v) is 4.36. The van der Waals surface area contributed by atoms with Crippen LogP contribution < -0.4 is 0 Å². The van der Waals surface area contributed by atoms with Gasteiger partial charge in [0.25, 0.3) is 0 Å². The van der Waals surface area contributed by atoms with Crippen molar-refractivity contribution in [1.29, 1.82) is 0 Å². The van der Waals surface area contributed by atoms with Gasteiger partial charge in [-0.25, -0.2) is 4.98 Å². The summed E-state index contributed by atoms with van der Waals surface area (Å²) in [5, 5.41) is 0. The van der Waals surface area contributed by atoms with Crippen LogP contribution in [0.1, 0.15) is 26.6 Å². The highest BCUT2D eigenvalue weighted by Crippen LogP contribution is 2.25. The highest BCUT2D eigenvalue weighted by Gasteiger charge is 2.22. The summed E-state index contributed by atoms with van der Waals surface area (Å²) in [7, 11) is 1.99. The van der Waals surface area contributed by atoms with Gasteiger partial charge in [0, 0.05) is 18.5 Å². The number of hydrogen-bond donors (Lipinski definition) is 0. The third-order valence-electron chi connectivity index (χ3n) is 2.14. The highest BCUT2D eigenvalue weighted by atomic mass is 16.3. The average Bonchev–Trinajstić information content (AvgIpc) is 2.51. The topological polar surface area (TPSA) is 31.0 Å². The van der Waals surface area contributed by atoms with Gasteiger partial charge in [-0.15, -0.1) is 0 Å². The summed E-state index contributed by atoms with van der Waals surface area (Å²) < 4.78 is 7.33. The second-order valence-electron chi connectivity index (χ2n) is 4.36. The minimum atomic E-state index is 0.0658. The predicted molar refractivity (Wildman–Crippen MR) is 51.7 cm³/mol. The number of rotatable bonds is 0. The Hall–Kier alpha value is -1.25. The summed E-state index contributed by atoms with van der Waals surface area (Å²) >= 11 is 0. The molecule has 0 fully saturated rings. The number of imidazole rings is 1. The molecule has 0 aliphatic carbocycles. The van der Waals surface area contributed by atoms with Crippen molar-refractivity contribution in [2.24, 2.45) is 7.05 Å². The maximum absolute atomic E-state index is 5.32. The molecule has 0 N–H and O–H groups in total.